The maximum absolute atomic E-state index is 13.8. The van der Waals surface area contributed by atoms with Gasteiger partial charge in [-0.1, -0.05) is 30.3 Å². The molecule has 0 bridgehead atoms. The highest BCUT2D eigenvalue weighted by molar-refractivity contribution is 9.10. The van der Waals surface area contributed by atoms with Gasteiger partial charge < -0.3 is 10.6 Å². The van der Waals surface area contributed by atoms with Crippen LogP contribution < -0.4 is 5.73 Å². The number of carbonyl (C=O) groups is 1. The van der Waals surface area contributed by atoms with Crippen LogP contribution in [0.2, 0.25) is 0 Å². The highest BCUT2D eigenvalue weighted by Crippen LogP contribution is 2.59. The molecule has 0 saturated carbocycles. The van der Waals surface area contributed by atoms with Crippen LogP contribution >= 0.6 is 15.9 Å². The minimum absolute atomic E-state index is 0.193. The molecule has 0 aliphatic carbocycles. The lowest BCUT2D eigenvalue weighted by Crippen LogP contribution is -2.41. The number of amides is 1. The first-order chi connectivity index (χ1) is 13.4. The van der Waals surface area contributed by atoms with Crippen LogP contribution in [0.25, 0.3) is 6.08 Å². The van der Waals surface area contributed by atoms with E-state index in [1.165, 1.54) is 18.2 Å². The van der Waals surface area contributed by atoms with E-state index < -0.39 is 35.1 Å². The molecule has 138 valence electrons. The second-order valence-electron chi connectivity index (χ2n) is 6.89. The van der Waals surface area contributed by atoms with Gasteiger partial charge in [-0.2, -0.15) is 10.5 Å². The summed E-state index contributed by atoms with van der Waals surface area (Å²) in [6, 6.07) is 14.5. The van der Waals surface area contributed by atoms with Gasteiger partial charge in [0.25, 0.3) is 0 Å². The molecular weight excluding hydrogens is 423 g/mol. The van der Waals surface area contributed by atoms with Gasteiger partial charge in [-0.15, -0.1) is 0 Å². The average Bonchev–Trinajstić information content (AvgIpc) is 3.01. The fourth-order valence-electron chi connectivity index (χ4n) is 4.40. The second kappa shape index (κ2) is 6.47. The molecule has 2 heterocycles. The van der Waals surface area contributed by atoms with E-state index in [0.29, 0.717) is 5.56 Å². The van der Waals surface area contributed by atoms with E-state index in [4.69, 9.17) is 5.73 Å². The molecule has 0 aromatic heterocycles. The molecule has 5 nitrogen and oxygen atoms in total. The average molecular weight is 437 g/mol. The number of nitriles is 2. The predicted molar refractivity (Wildman–Crippen MR) is 104 cm³/mol. The Bertz CT molecular complexity index is 1090. The van der Waals surface area contributed by atoms with E-state index in [9.17, 15) is 19.7 Å². The Hall–Kier alpha value is -3.16. The van der Waals surface area contributed by atoms with Crippen molar-refractivity contribution < 1.29 is 9.18 Å². The van der Waals surface area contributed by atoms with Crippen molar-refractivity contribution >= 4 is 27.9 Å². The van der Waals surface area contributed by atoms with Gasteiger partial charge in [0.1, 0.15) is 11.9 Å². The zero-order chi connectivity index (χ0) is 20.1. The van der Waals surface area contributed by atoms with Crippen molar-refractivity contribution in [3.05, 3.63) is 75.6 Å². The molecule has 0 radical (unpaired) electrons. The molecule has 0 spiro atoms. The molecule has 2 aliphatic rings. The molecule has 4 rings (SSSR count). The van der Waals surface area contributed by atoms with E-state index >= 15 is 0 Å². The number of hydrogen-bond donors (Lipinski definition) is 1. The molecule has 7 heteroatoms. The Morgan fingerprint density at radius 3 is 2.57 bits per heavy atom. The van der Waals surface area contributed by atoms with Crippen LogP contribution in [0.3, 0.4) is 0 Å². The molecule has 1 amide bonds. The number of benzene rings is 2. The SMILES string of the molecule is N#CC1(C#N)C(c2ccc(F)c(Br)c2)C(C(N)=O)N2C=Cc3ccccc3C21. The number of hydrogen-bond acceptors (Lipinski definition) is 4. The zero-order valence-electron chi connectivity index (χ0n) is 14.5. The first-order valence-electron chi connectivity index (χ1n) is 8.56. The molecule has 2 aliphatic heterocycles. The van der Waals surface area contributed by atoms with Crippen LogP contribution in [0, 0.1) is 33.9 Å². The quantitative estimate of drug-likeness (QED) is 0.777. The smallest absolute Gasteiger partial charge is 0.240 e. The van der Waals surface area contributed by atoms with Crippen LogP contribution in [0.5, 0.6) is 0 Å². The zero-order valence-corrected chi connectivity index (χ0v) is 16.1. The van der Waals surface area contributed by atoms with E-state index in [0.717, 1.165) is 11.1 Å². The van der Waals surface area contributed by atoms with Gasteiger partial charge in [0.15, 0.2) is 5.41 Å². The maximum Gasteiger partial charge on any atom is 0.240 e. The summed E-state index contributed by atoms with van der Waals surface area (Å²) in [7, 11) is 0. The van der Waals surface area contributed by atoms with Gasteiger partial charge >= 0.3 is 0 Å². The number of halogens is 2. The summed E-state index contributed by atoms with van der Waals surface area (Å²) < 4.78 is 14.0. The number of fused-ring (bicyclic) bond motifs is 3. The Balaban J connectivity index is 2.01. The number of nitrogens with two attached hydrogens (primary N) is 1. The minimum atomic E-state index is -1.59. The van der Waals surface area contributed by atoms with Crippen molar-refractivity contribution in [1.82, 2.24) is 4.90 Å². The van der Waals surface area contributed by atoms with Crippen molar-refractivity contribution in [2.45, 2.75) is 18.0 Å². The van der Waals surface area contributed by atoms with Gasteiger partial charge in [0.05, 0.1) is 22.7 Å². The number of primary amides is 1. The highest BCUT2D eigenvalue weighted by Gasteiger charge is 2.63. The van der Waals surface area contributed by atoms with Gasteiger partial charge in [-0.25, -0.2) is 4.39 Å². The number of carbonyl (C=O) groups excluding carboxylic acids is 1. The largest absolute Gasteiger partial charge is 0.368 e. The van der Waals surface area contributed by atoms with Crippen LogP contribution in [0.4, 0.5) is 4.39 Å². The van der Waals surface area contributed by atoms with Crippen LogP contribution in [-0.2, 0) is 4.79 Å². The van der Waals surface area contributed by atoms with Gasteiger partial charge in [0.2, 0.25) is 5.91 Å². The minimum Gasteiger partial charge on any atom is -0.368 e. The van der Waals surface area contributed by atoms with Crippen molar-refractivity contribution in [2.75, 3.05) is 0 Å². The van der Waals surface area contributed by atoms with Crippen molar-refractivity contribution in [3.8, 4) is 12.1 Å². The molecule has 1 fully saturated rings. The summed E-state index contributed by atoms with van der Waals surface area (Å²) in [6.07, 6.45) is 3.55. The highest BCUT2D eigenvalue weighted by atomic mass is 79.9. The Labute approximate surface area is 169 Å². The summed E-state index contributed by atoms with van der Waals surface area (Å²) in [4.78, 5) is 14.2. The van der Waals surface area contributed by atoms with Gasteiger partial charge in [-0.05, 0) is 50.8 Å². The maximum atomic E-state index is 13.8. The van der Waals surface area contributed by atoms with E-state index in [1.807, 2.05) is 30.3 Å². The van der Waals surface area contributed by atoms with Crippen LogP contribution in [-0.4, -0.2) is 16.8 Å². The number of nitrogens with zero attached hydrogens (tertiary/aromatic N) is 3. The molecule has 1 saturated heterocycles. The summed E-state index contributed by atoms with van der Waals surface area (Å²) in [5, 5.41) is 20.4. The Morgan fingerprint density at radius 2 is 1.93 bits per heavy atom. The lowest BCUT2D eigenvalue weighted by molar-refractivity contribution is -0.122. The van der Waals surface area contributed by atoms with Crippen molar-refractivity contribution in [1.29, 1.82) is 10.5 Å². The fourth-order valence-corrected chi connectivity index (χ4v) is 4.79. The first kappa shape index (κ1) is 18.2. The molecule has 2 aromatic rings. The summed E-state index contributed by atoms with van der Waals surface area (Å²) >= 11 is 3.15. The van der Waals surface area contributed by atoms with E-state index in [1.54, 1.807) is 11.1 Å². The molecular formula is C21H14BrFN4O. The fraction of sp³-hybridized carbons (Fsp3) is 0.190. The third-order valence-electron chi connectivity index (χ3n) is 5.54. The molecule has 3 atom stereocenters. The lowest BCUT2D eigenvalue weighted by atomic mass is 9.68. The Morgan fingerprint density at radius 1 is 1.21 bits per heavy atom. The normalized spacial score (nSPS) is 24.0. The predicted octanol–water partition coefficient (Wildman–Crippen LogP) is 3.60. The standard InChI is InChI=1S/C21H14BrFN4O/c22-15-9-13(5-6-16(15)23)17-18(20(26)28)27-8-7-12-3-1-2-4-14(12)19(27)21(17,10-24)11-25/h1-9,17-19H,(H2,26,28). The second-order valence-corrected chi connectivity index (χ2v) is 7.74. The third-order valence-corrected chi connectivity index (χ3v) is 6.15. The summed E-state index contributed by atoms with van der Waals surface area (Å²) in [5.41, 5.74) is 6.30. The van der Waals surface area contributed by atoms with Gasteiger partial charge in [0, 0.05) is 12.1 Å². The van der Waals surface area contributed by atoms with E-state index in [-0.39, 0.29) is 4.47 Å². The van der Waals surface area contributed by atoms with Crippen molar-refractivity contribution in [3.63, 3.8) is 0 Å². The Kier molecular flexibility index (Phi) is 4.21. The molecule has 2 N–H and O–H groups in total. The van der Waals surface area contributed by atoms with E-state index in [2.05, 4.69) is 28.1 Å². The van der Waals surface area contributed by atoms with Crippen molar-refractivity contribution in [2.24, 2.45) is 11.1 Å². The van der Waals surface area contributed by atoms with Crippen LogP contribution in [0.15, 0.2) is 53.1 Å². The molecule has 28 heavy (non-hydrogen) atoms. The molecule has 3 unspecified atom stereocenters. The topological polar surface area (TPSA) is 93.9 Å². The van der Waals surface area contributed by atoms with Gasteiger partial charge in [-0.3, -0.25) is 4.79 Å². The summed E-state index contributed by atoms with van der Waals surface area (Å²) in [5.74, 6) is -1.97. The number of rotatable bonds is 2. The monoisotopic (exact) mass is 436 g/mol. The lowest BCUT2D eigenvalue weighted by Gasteiger charge is -2.34. The third kappa shape index (κ3) is 2.37. The first-order valence-corrected chi connectivity index (χ1v) is 9.35. The van der Waals surface area contributed by atoms with Crippen LogP contribution in [0.1, 0.15) is 28.7 Å². The summed E-state index contributed by atoms with van der Waals surface area (Å²) in [6.45, 7) is 0. The molecule has 2 aromatic carbocycles.